The SMILES string of the molecule is O=C(CCl)NNC(=O)c1ccc(-c2ccccc2)cc1. The average Bonchev–Trinajstić information content (AvgIpc) is 2.53. The average molecular weight is 289 g/mol. The van der Waals surface area contributed by atoms with Crippen molar-refractivity contribution in [3.05, 3.63) is 60.2 Å². The zero-order chi connectivity index (χ0) is 14.4. The number of hydrogen-bond acceptors (Lipinski definition) is 2. The second-order valence-electron chi connectivity index (χ2n) is 4.08. The van der Waals surface area contributed by atoms with E-state index in [-0.39, 0.29) is 11.8 Å². The molecule has 20 heavy (non-hydrogen) atoms. The Morgan fingerprint density at radius 3 is 2.05 bits per heavy atom. The number of nitrogens with one attached hydrogen (secondary N) is 2. The molecule has 0 aliphatic rings. The van der Waals surface area contributed by atoms with Crippen molar-refractivity contribution in [1.29, 1.82) is 0 Å². The van der Waals surface area contributed by atoms with Crippen molar-refractivity contribution in [2.75, 3.05) is 5.88 Å². The third kappa shape index (κ3) is 3.59. The summed E-state index contributed by atoms with van der Waals surface area (Å²) < 4.78 is 0. The molecule has 0 saturated carbocycles. The molecule has 102 valence electrons. The van der Waals surface area contributed by atoms with E-state index in [9.17, 15) is 9.59 Å². The molecule has 0 bridgehead atoms. The Labute approximate surface area is 121 Å². The number of halogens is 1. The predicted molar refractivity (Wildman–Crippen MR) is 78.2 cm³/mol. The first kappa shape index (κ1) is 14.1. The molecule has 5 heteroatoms. The molecular formula is C15H13ClN2O2. The maximum atomic E-state index is 11.7. The van der Waals surface area contributed by atoms with E-state index in [1.165, 1.54) is 0 Å². The van der Waals surface area contributed by atoms with Crippen molar-refractivity contribution in [1.82, 2.24) is 10.9 Å². The van der Waals surface area contributed by atoms with Gasteiger partial charge in [0, 0.05) is 5.56 Å². The van der Waals surface area contributed by atoms with Crippen LogP contribution in [0.2, 0.25) is 0 Å². The lowest BCUT2D eigenvalue weighted by Gasteiger charge is -2.07. The summed E-state index contributed by atoms with van der Waals surface area (Å²) in [6, 6.07) is 17.0. The van der Waals surface area contributed by atoms with E-state index < -0.39 is 5.91 Å². The van der Waals surface area contributed by atoms with Gasteiger partial charge < -0.3 is 0 Å². The molecule has 0 atom stereocenters. The van der Waals surface area contributed by atoms with Gasteiger partial charge in [0.2, 0.25) is 0 Å². The molecule has 2 rings (SSSR count). The minimum atomic E-state index is -0.457. The van der Waals surface area contributed by atoms with Crippen LogP contribution in [0.15, 0.2) is 54.6 Å². The van der Waals surface area contributed by atoms with Crippen LogP contribution < -0.4 is 10.9 Å². The maximum absolute atomic E-state index is 11.7. The van der Waals surface area contributed by atoms with Crippen LogP contribution in [0.1, 0.15) is 10.4 Å². The van der Waals surface area contributed by atoms with Gasteiger partial charge in [0.25, 0.3) is 11.8 Å². The van der Waals surface area contributed by atoms with Gasteiger partial charge in [-0.15, -0.1) is 11.6 Å². The summed E-state index contributed by atoms with van der Waals surface area (Å²) in [5.74, 6) is -1.04. The van der Waals surface area contributed by atoms with E-state index in [2.05, 4.69) is 10.9 Å². The highest BCUT2D eigenvalue weighted by Gasteiger charge is 2.06. The van der Waals surface area contributed by atoms with E-state index in [0.717, 1.165) is 11.1 Å². The summed E-state index contributed by atoms with van der Waals surface area (Å²) in [6.07, 6.45) is 0. The van der Waals surface area contributed by atoms with Crippen LogP contribution in [0.25, 0.3) is 11.1 Å². The monoisotopic (exact) mass is 288 g/mol. The highest BCUT2D eigenvalue weighted by atomic mass is 35.5. The van der Waals surface area contributed by atoms with Crippen molar-refractivity contribution in [2.24, 2.45) is 0 Å². The van der Waals surface area contributed by atoms with Crippen molar-refractivity contribution < 1.29 is 9.59 Å². The number of rotatable bonds is 3. The largest absolute Gasteiger partial charge is 0.272 e. The summed E-state index contributed by atoms with van der Waals surface area (Å²) in [5, 5.41) is 0. The first-order chi connectivity index (χ1) is 9.70. The Morgan fingerprint density at radius 2 is 1.45 bits per heavy atom. The molecule has 0 saturated heterocycles. The fourth-order valence-corrected chi connectivity index (χ4v) is 1.74. The van der Waals surface area contributed by atoms with Crippen molar-refractivity contribution in [3.8, 4) is 11.1 Å². The molecule has 0 aliphatic heterocycles. The second-order valence-corrected chi connectivity index (χ2v) is 4.35. The van der Waals surface area contributed by atoms with E-state index in [1.54, 1.807) is 12.1 Å². The number of amides is 2. The van der Waals surface area contributed by atoms with Gasteiger partial charge in [-0.2, -0.15) is 0 Å². The molecule has 0 unspecified atom stereocenters. The molecule has 2 aromatic carbocycles. The minimum absolute atomic E-state index is 0.201. The molecule has 2 aromatic rings. The first-order valence-corrected chi connectivity index (χ1v) is 6.55. The van der Waals surface area contributed by atoms with Crippen molar-refractivity contribution in [3.63, 3.8) is 0 Å². The van der Waals surface area contributed by atoms with E-state index in [0.29, 0.717) is 5.56 Å². The third-order valence-corrected chi connectivity index (χ3v) is 2.93. The Bertz CT molecular complexity index is 597. The number of hydrazine groups is 1. The molecule has 0 radical (unpaired) electrons. The van der Waals surface area contributed by atoms with Crippen LogP contribution in [-0.4, -0.2) is 17.7 Å². The molecule has 0 fully saturated rings. The third-order valence-electron chi connectivity index (χ3n) is 2.69. The van der Waals surface area contributed by atoms with Gasteiger partial charge >= 0.3 is 0 Å². The predicted octanol–water partition coefficient (Wildman–Crippen LogP) is 2.35. The second kappa shape index (κ2) is 6.73. The van der Waals surface area contributed by atoms with Gasteiger partial charge in [0.1, 0.15) is 5.88 Å². The zero-order valence-electron chi connectivity index (χ0n) is 10.6. The van der Waals surface area contributed by atoms with Crippen LogP contribution in [0.5, 0.6) is 0 Å². The summed E-state index contributed by atoms with van der Waals surface area (Å²) in [5.41, 5.74) is 7.05. The summed E-state index contributed by atoms with van der Waals surface area (Å²) in [4.78, 5) is 22.7. The summed E-state index contributed by atoms with van der Waals surface area (Å²) in [6.45, 7) is 0. The topological polar surface area (TPSA) is 58.2 Å². The van der Waals surface area contributed by atoms with Gasteiger partial charge in [-0.25, -0.2) is 0 Å². The molecule has 4 nitrogen and oxygen atoms in total. The van der Waals surface area contributed by atoms with Gasteiger partial charge in [-0.1, -0.05) is 42.5 Å². The number of hydrogen-bond donors (Lipinski definition) is 2. The Hall–Kier alpha value is -2.33. The first-order valence-electron chi connectivity index (χ1n) is 6.01. The van der Waals surface area contributed by atoms with Crippen LogP contribution in [0.3, 0.4) is 0 Å². The molecule has 0 aliphatic carbocycles. The van der Waals surface area contributed by atoms with Crippen LogP contribution in [0, 0.1) is 0 Å². The van der Waals surface area contributed by atoms with Gasteiger partial charge in [0.05, 0.1) is 0 Å². The standard InChI is InChI=1S/C15H13ClN2O2/c16-10-14(19)17-18-15(20)13-8-6-12(7-9-13)11-4-2-1-3-5-11/h1-9H,10H2,(H,17,19)(H,18,20). The number of benzene rings is 2. The molecule has 0 heterocycles. The summed E-state index contributed by atoms with van der Waals surface area (Å²) >= 11 is 5.31. The minimum Gasteiger partial charge on any atom is -0.272 e. The Balaban J connectivity index is 2.05. The molecular weight excluding hydrogens is 276 g/mol. The van der Waals surface area contributed by atoms with E-state index in [1.807, 2.05) is 42.5 Å². The van der Waals surface area contributed by atoms with Crippen LogP contribution >= 0.6 is 11.6 Å². The molecule has 0 aromatic heterocycles. The van der Waals surface area contributed by atoms with Gasteiger partial charge in [-0.3, -0.25) is 20.4 Å². The molecule has 0 spiro atoms. The highest BCUT2D eigenvalue weighted by Crippen LogP contribution is 2.19. The zero-order valence-corrected chi connectivity index (χ0v) is 11.4. The van der Waals surface area contributed by atoms with Gasteiger partial charge in [0.15, 0.2) is 0 Å². The Kier molecular flexibility index (Phi) is 4.74. The lowest BCUT2D eigenvalue weighted by Crippen LogP contribution is -2.42. The molecule has 2 N–H and O–H groups in total. The fourth-order valence-electron chi connectivity index (χ4n) is 1.68. The van der Waals surface area contributed by atoms with Gasteiger partial charge in [-0.05, 0) is 23.3 Å². The fraction of sp³-hybridized carbons (Fsp3) is 0.0667. The van der Waals surface area contributed by atoms with Crippen molar-refractivity contribution >= 4 is 23.4 Å². The van der Waals surface area contributed by atoms with E-state index >= 15 is 0 Å². The normalized spacial score (nSPS) is 9.85. The van der Waals surface area contributed by atoms with Crippen LogP contribution in [0.4, 0.5) is 0 Å². The van der Waals surface area contributed by atoms with Crippen molar-refractivity contribution in [2.45, 2.75) is 0 Å². The lowest BCUT2D eigenvalue weighted by molar-refractivity contribution is -0.119. The lowest BCUT2D eigenvalue weighted by atomic mass is 10.0. The van der Waals surface area contributed by atoms with E-state index in [4.69, 9.17) is 11.6 Å². The maximum Gasteiger partial charge on any atom is 0.269 e. The number of carbonyl (C=O) groups excluding carboxylic acids is 2. The number of alkyl halides is 1. The number of carbonyl (C=O) groups is 2. The molecule has 2 amide bonds. The summed E-state index contributed by atoms with van der Waals surface area (Å²) in [7, 11) is 0. The smallest absolute Gasteiger partial charge is 0.269 e. The quantitative estimate of drug-likeness (QED) is 0.673. The Morgan fingerprint density at radius 1 is 0.850 bits per heavy atom. The highest BCUT2D eigenvalue weighted by molar-refractivity contribution is 6.27. The van der Waals surface area contributed by atoms with Crippen LogP contribution in [-0.2, 0) is 4.79 Å².